The van der Waals surface area contributed by atoms with Gasteiger partial charge in [0.1, 0.15) is 8.07 Å². The lowest BCUT2D eigenvalue weighted by atomic mass is 10.7. The fraction of sp³-hybridized carbons (Fsp3) is 0.375. The molecule has 1 heterocycles. The van der Waals surface area contributed by atoms with Gasteiger partial charge in [0.25, 0.3) is 5.89 Å². The fourth-order valence-electron chi connectivity index (χ4n) is 0.585. The molecule has 3 nitrogen and oxygen atoms in total. The number of rotatable bonds is 0. The summed E-state index contributed by atoms with van der Waals surface area (Å²) in [4.78, 5) is 3.88. The summed E-state index contributed by atoms with van der Waals surface area (Å²) in [5.41, 5.74) is 8.46. The van der Waals surface area contributed by atoms with Gasteiger partial charge in [0.15, 0.2) is 0 Å². The number of anilines is 1. The van der Waals surface area contributed by atoms with Gasteiger partial charge in [-0.2, -0.15) is 0 Å². The first kappa shape index (κ1) is 8.88. The van der Waals surface area contributed by atoms with Gasteiger partial charge in [-0.25, -0.2) is 4.98 Å². The number of hydrogen-bond donors (Lipinski definition) is 1. The van der Waals surface area contributed by atoms with Gasteiger partial charge >= 0.3 is 0 Å². The standard InChI is InChI=1S/C8H12N2OSi/c1-12(2,3)5-4-8-10-6-7(9)11-8/h6H,9H2,1-3H3. The molecule has 0 aromatic carbocycles. The predicted molar refractivity (Wildman–Crippen MR) is 51.1 cm³/mol. The SMILES string of the molecule is C[Si](C)(C)C#Cc1ncc(N)o1. The second-order valence-corrected chi connectivity index (χ2v) is 8.32. The summed E-state index contributed by atoms with van der Waals surface area (Å²) in [6.07, 6.45) is 1.47. The van der Waals surface area contributed by atoms with Crippen molar-refractivity contribution in [3.63, 3.8) is 0 Å². The highest BCUT2D eigenvalue weighted by molar-refractivity contribution is 6.83. The number of aromatic nitrogens is 1. The number of hydrogen-bond acceptors (Lipinski definition) is 3. The topological polar surface area (TPSA) is 52.0 Å². The molecule has 0 fully saturated rings. The van der Waals surface area contributed by atoms with Crippen LogP contribution < -0.4 is 5.73 Å². The van der Waals surface area contributed by atoms with Crippen molar-refractivity contribution < 1.29 is 4.42 Å². The van der Waals surface area contributed by atoms with E-state index >= 15 is 0 Å². The molecule has 0 spiro atoms. The highest BCUT2D eigenvalue weighted by Gasteiger charge is 2.08. The Kier molecular flexibility index (Phi) is 2.24. The molecule has 0 atom stereocenters. The highest BCUT2D eigenvalue weighted by atomic mass is 28.3. The Balaban J connectivity index is 2.80. The lowest BCUT2D eigenvalue weighted by molar-refractivity contribution is 0.562. The molecule has 0 saturated heterocycles. The maximum atomic E-state index is 5.33. The molecule has 1 aromatic rings. The van der Waals surface area contributed by atoms with Crippen LogP contribution in [0.3, 0.4) is 0 Å². The van der Waals surface area contributed by atoms with Gasteiger partial charge in [-0.3, -0.25) is 0 Å². The van der Waals surface area contributed by atoms with E-state index in [0.29, 0.717) is 11.8 Å². The van der Waals surface area contributed by atoms with Gasteiger partial charge in [-0.15, -0.1) is 5.54 Å². The van der Waals surface area contributed by atoms with Crippen molar-refractivity contribution in [2.45, 2.75) is 19.6 Å². The molecule has 0 amide bonds. The largest absolute Gasteiger partial charge is 0.414 e. The Morgan fingerprint density at radius 3 is 2.58 bits per heavy atom. The second-order valence-electron chi connectivity index (χ2n) is 3.57. The van der Waals surface area contributed by atoms with Gasteiger partial charge in [0.2, 0.25) is 5.88 Å². The first-order valence-electron chi connectivity index (χ1n) is 3.72. The monoisotopic (exact) mass is 180 g/mol. The smallest absolute Gasteiger partial charge is 0.274 e. The third-order valence-electron chi connectivity index (χ3n) is 1.07. The molecule has 0 unspecified atom stereocenters. The van der Waals surface area contributed by atoms with Gasteiger partial charge in [-0.1, -0.05) is 19.6 Å². The van der Waals surface area contributed by atoms with Crippen molar-refractivity contribution in [1.82, 2.24) is 4.98 Å². The van der Waals surface area contributed by atoms with Crippen LogP contribution in [-0.4, -0.2) is 13.1 Å². The number of nitrogen functional groups attached to an aromatic ring is 1. The minimum Gasteiger partial charge on any atom is -0.414 e. The molecule has 1 aromatic heterocycles. The number of oxazole rings is 1. The predicted octanol–water partition coefficient (Wildman–Crippen LogP) is 1.49. The Bertz CT molecular complexity index is 327. The molecule has 1 rings (SSSR count). The molecule has 0 bridgehead atoms. The van der Waals surface area contributed by atoms with Crippen molar-refractivity contribution >= 4 is 14.0 Å². The average molecular weight is 180 g/mol. The van der Waals surface area contributed by atoms with Gasteiger partial charge in [0, 0.05) is 0 Å². The molecular formula is C8H12N2OSi. The summed E-state index contributed by atoms with van der Waals surface area (Å²) >= 11 is 0. The average Bonchev–Trinajstić information content (AvgIpc) is 2.30. The van der Waals surface area contributed by atoms with E-state index in [0.717, 1.165) is 0 Å². The van der Waals surface area contributed by atoms with E-state index in [9.17, 15) is 0 Å². The third-order valence-corrected chi connectivity index (χ3v) is 1.94. The van der Waals surface area contributed by atoms with Crippen molar-refractivity contribution in [2.75, 3.05) is 5.73 Å². The fourth-order valence-corrected chi connectivity index (χ4v) is 1.07. The molecule has 0 radical (unpaired) electrons. The Morgan fingerprint density at radius 2 is 2.17 bits per heavy atom. The van der Waals surface area contributed by atoms with Crippen LogP contribution in [0.25, 0.3) is 0 Å². The summed E-state index contributed by atoms with van der Waals surface area (Å²) in [7, 11) is -1.33. The molecule has 64 valence electrons. The van der Waals surface area contributed by atoms with E-state index in [1.165, 1.54) is 6.20 Å². The van der Waals surface area contributed by atoms with Crippen LogP contribution >= 0.6 is 0 Å². The van der Waals surface area contributed by atoms with E-state index in [-0.39, 0.29) is 0 Å². The zero-order chi connectivity index (χ0) is 9.19. The van der Waals surface area contributed by atoms with E-state index in [4.69, 9.17) is 10.2 Å². The van der Waals surface area contributed by atoms with E-state index in [1.807, 2.05) is 0 Å². The lowest BCUT2D eigenvalue weighted by Crippen LogP contribution is -2.16. The molecule has 0 aliphatic heterocycles. The van der Waals surface area contributed by atoms with Crippen molar-refractivity contribution in [2.24, 2.45) is 0 Å². The van der Waals surface area contributed by atoms with Crippen molar-refractivity contribution in [3.05, 3.63) is 12.1 Å². The van der Waals surface area contributed by atoms with Gasteiger partial charge < -0.3 is 10.2 Å². The van der Waals surface area contributed by atoms with Gasteiger partial charge in [-0.05, 0) is 5.92 Å². The number of nitrogens with two attached hydrogens (primary N) is 1. The maximum absolute atomic E-state index is 5.33. The second kappa shape index (κ2) is 3.03. The van der Waals surface area contributed by atoms with Crippen molar-refractivity contribution in [3.8, 4) is 11.5 Å². The van der Waals surface area contributed by atoms with E-state index in [2.05, 4.69) is 36.1 Å². The lowest BCUT2D eigenvalue weighted by Gasteiger charge is -2.01. The zero-order valence-corrected chi connectivity index (χ0v) is 8.51. The van der Waals surface area contributed by atoms with Crippen LogP contribution in [0.4, 0.5) is 5.88 Å². The normalized spacial score (nSPS) is 10.6. The van der Waals surface area contributed by atoms with E-state index < -0.39 is 8.07 Å². The first-order valence-corrected chi connectivity index (χ1v) is 7.22. The van der Waals surface area contributed by atoms with Crippen LogP contribution in [0.1, 0.15) is 5.89 Å². The first-order chi connectivity index (χ1) is 5.47. The van der Waals surface area contributed by atoms with E-state index in [1.54, 1.807) is 0 Å². The zero-order valence-electron chi connectivity index (χ0n) is 7.51. The van der Waals surface area contributed by atoms with Crippen LogP contribution in [0.5, 0.6) is 0 Å². The van der Waals surface area contributed by atoms with Crippen LogP contribution in [0, 0.1) is 11.5 Å². The molecule has 0 aliphatic carbocycles. The molecule has 2 N–H and O–H groups in total. The summed E-state index contributed by atoms with van der Waals surface area (Å²) in [5, 5.41) is 0. The van der Waals surface area contributed by atoms with Crippen LogP contribution in [0.2, 0.25) is 19.6 Å². The summed E-state index contributed by atoms with van der Waals surface area (Å²) in [5.74, 6) is 3.59. The third kappa shape index (κ3) is 2.80. The maximum Gasteiger partial charge on any atom is 0.274 e. The van der Waals surface area contributed by atoms with Crippen LogP contribution in [-0.2, 0) is 0 Å². The Labute approximate surface area is 73.0 Å². The summed E-state index contributed by atoms with van der Waals surface area (Å²) in [6, 6.07) is 0. The molecule has 0 saturated carbocycles. The Hall–Kier alpha value is -1.21. The minimum atomic E-state index is -1.33. The Morgan fingerprint density at radius 1 is 1.50 bits per heavy atom. The van der Waals surface area contributed by atoms with Crippen molar-refractivity contribution in [1.29, 1.82) is 0 Å². The summed E-state index contributed by atoms with van der Waals surface area (Å²) < 4.78 is 4.99. The molecule has 4 heteroatoms. The molecule has 12 heavy (non-hydrogen) atoms. The highest BCUT2D eigenvalue weighted by Crippen LogP contribution is 2.03. The minimum absolute atomic E-state index is 0.315. The summed E-state index contributed by atoms with van der Waals surface area (Å²) in [6.45, 7) is 6.48. The van der Waals surface area contributed by atoms with Gasteiger partial charge in [0.05, 0.1) is 6.20 Å². The van der Waals surface area contributed by atoms with Crippen LogP contribution in [0.15, 0.2) is 10.6 Å². The molecular weight excluding hydrogens is 168 g/mol. The number of nitrogens with zero attached hydrogens (tertiary/aromatic N) is 1. The molecule has 0 aliphatic rings. The quantitative estimate of drug-likeness (QED) is 0.486.